The summed E-state index contributed by atoms with van der Waals surface area (Å²) < 4.78 is 4.83. The van der Waals surface area contributed by atoms with Gasteiger partial charge in [0.2, 0.25) is 11.8 Å². The molecule has 12 nitrogen and oxygen atoms in total. The number of hydrogen-bond acceptors (Lipinski definition) is 7. The van der Waals surface area contributed by atoms with E-state index in [0.29, 0.717) is 6.54 Å². The monoisotopic (exact) mass is 784 g/mol. The molecule has 2 saturated heterocycles. The summed E-state index contributed by atoms with van der Waals surface area (Å²) in [5.41, 5.74) is 5.89. The molecule has 0 spiro atoms. The van der Waals surface area contributed by atoms with Crippen LogP contribution in [0.15, 0.2) is 91.3 Å². The number of H-pyrrole nitrogens is 2. The van der Waals surface area contributed by atoms with Crippen LogP contribution in [0.25, 0.3) is 33.6 Å². The van der Waals surface area contributed by atoms with Crippen LogP contribution in [0.1, 0.15) is 95.6 Å². The molecule has 4 heterocycles. The fraction of sp³-hybridized carbons (Fsp3) is 0.413. The lowest BCUT2D eigenvalue weighted by Gasteiger charge is -2.37. The second kappa shape index (κ2) is 17.4. The second-order valence-corrected chi connectivity index (χ2v) is 15.9. The summed E-state index contributed by atoms with van der Waals surface area (Å²) >= 11 is 0. The van der Waals surface area contributed by atoms with E-state index < -0.39 is 11.6 Å². The number of benzene rings is 3. The van der Waals surface area contributed by atoms with E-state index >= 15 is 0 Å². The number of ether oxygens (including phenoxy) is 1. The standard InChI is InChI=1S/C46H56N8O4/c1-7-52(8-2)40(35-14-10-9-11-15-35)43(55)53-26-12-16-38(53)41-47-28-36(49-41)33-22-18-31(19-23-33)32-20-24-34(25-21-32)37-29-48-42(50-37)39-17-13-27-54(39)44(56)46(5,30(3)4)51-45(57)58-6/h9-11,14-15,18-25,28-30,38-40H,7-8,12-13,16-17,26-27H2,1-6H3,(H,47,49)(H,48,50)(H,51,57)/t38?,39?,40-,46-/m1/s1. The van der Waals surface area contributed by atoms with Crippen molar-refractivity contribution >= 4 is 17.9 Å². The van der Waals surface area contributed by atoms with E-state index in [4.69, 9.17) is 14.7 Å². The van der Waals surface area contributed by atoms with Crippen LogP contribution in [-0.4, -0.2) is 91.4 Å². The number of carbonyl (C=O) groups excluding carboxylic acids is 3. The van der Waals surface area contributed by atoms with Crippen LogP contribution in [0.2, 0.25) is 0 Å². The molecule has 304 valence electrons. The fourth-order valence-corrected chi connectivity index (χ4v) is 8.50. The van der Waals surface area contributed by atoms with E-state index in [1.165, 1.54) is 7.11 Å². The van der Waals surface area contributed by atoms with E-state index in [2.05, 4.69) is 94.7 Å². The zero-order valence-corrected chi connectivity index (χ0v) is 34.5. The summed E-state index contributed by atoms with van der Waals surface area (Å²) in [5, 5.41) is 2.78. The highest BCUT2D eigenvalue weighted by molar-refractivity contribution is 5.90. The molecule has 3 amide bonds. The number of aromatic amines is 2. The molecule has 2 aliphatic heterocycles. The van der Waals surface area contributed by atoms with Gasteiger partial charge in [-0.05, 0) is 79.4 Å². The van der Waals surface area contributed by atoms with Gasteiger partial charge in [0, 0.05) is 13.1 Å². The van der Waals surface area contributed by atoms with Gasteiger partial charge < -0.3 is 29.8 Å². The van der Waals surface area contributed by atoms with Crippen molar-refractivity contribution in [2.24, 2.45) is 5.92 Å². The molecule has 2 aliphatic rings. The van der Waals surface area contributed by atoms with Gasteiger partial charge in [-0.1, -0.05) is 107 Å². The highest BCUT2D eigenvalue weighted by Crippen LogP contribution is 2.37. The Balaban J connectivity index is 1.02. The van der Waals surface area contributed by atoms with E-state index in [0.717, 1.165) is 96.2 Å². The molecule has 3 aromatic carbocycles. The summed E-state index contributed by atoms with van der Waals surface area (Å²) in [6, 6.07) is 26.3. The minimum atomic E-state index is -1.11. The molecule has 2 fully saturated rings. The zero-order valence-electron chi connectivity index (χ0n) is 34.5. The molecule has 58 heavy (non-hydrogen) atoms. The third-order valence-electron chi connectivity index (χ3n) is 12.3. The highest BCUT2D eigenvalue weighted by atomic mass is 16.5. The van der Waals surface area contributed by atoms with E-state index in [-0.39, 0.29) is 35.9 Å². The van der Waals surface area contributed by atoms with Crippen LogP contribution in [0.4, 0.5) is 4.79 Å². The SMILES string of the molecule is CCN(CC)[C@@H](C(=O)N1CCCC1c1ncc(-c2ccc(-c3ccc(-c4cnc(C5CCCN5C(=O)[C@](C)(NC(=O)OC)C(C)C)[nH]4)cc3)cc2)[nH]1)c1ccccc1. The van der Waals surface area contributed by atoms with Gasteiger partial charge in [-0.3, -0.25) is 14.5 Å². The molecule has 0 saturated carbocycles. The van der Waals surface area contributed by atoms with E-state index in [1.807, 2.05) is 54.2 Å². The summed E-state index contributed by atoms with van der Waals surface area (Å²) in [4.78, 5) is 62.9. The van der Waals surface area contributed by atoms with Crippen LogP contribution < -0.4 is 5.32 Å². The summed E-state index contributed by atoms with van der Waals surface area (Å²) in [6.45, 7) is 12.7. The molecule has 2 aromatic heterocycles. The Morgan fingerprint density at radius 2 is 1.26 bits per heavy atom. The van der Waals surface area contributed by atoms with Gasteiger partial charge in [0.05, 0.1) is 43.0 Å². The van der Waals surface area contributed by atoms with Gasteiger partial charge in [0.1, 0.15) is 23.2 Å². The number of nitrogens with one attached hydrogen (secondary N) is 3. The number of aromatic nitrogens is 4. The maximum absolute atomic E-state index is 14.2. The lowest BCUT2D eigenvalue weighted by Crippen LogP contribution is -2.60. The maximum Gasteiger partial charge on any atom is 0.407 e. The Hall–Kier alpha value is -5.75. The van der Waals surface area contributed by atoms with Crippen LogP contribution in [-0.2, 0) is 14.3 Å². The largest absolute Gasteiger partial charge is 0.453 e. The predicted molar refractivity (Wildman–Crippen MR) is 225 cm³/mol. The smallest absolute Gasteiger partial charge is 0.407 e. The molecule has 3 N–H and O–H groups in total. The number of likely N-dealkylation sites (N-methyl/N-ethyl adjacent to an activating group) is 1. The fourth-order valence-electron chi connectivity index (χ4n) is 8.50. The Kier molecular flexibility index (Phi) is 12.1. The zero-order chi connectivity index (χ0) is 41.0. The molecule has 7 rings (SSSR count). The quantitative estimate of drug-likeness (QED) is 0.109. The normalized spacial score (nSPS) is 18.4. The summed E-state index contributed by atoms with van der Waals surface area (Å²) in [7, 11) is 1.30. The lowest BCUT2D eigenvalue weighted by molar-refractivity contribution is -0.140. The number of carbonyl (C=O) groups is 3. The molecular formula is C46H56N8O4. The lowest BCUT2D eigenvalue weighted by atomic mass is 9.86. The third-order valence-corrected chi connectivity index (χ3v) is 12.3. The number of hydrogen-bond donors (Lipinski definition) is 3. The van der Waals surface area contributed by atoms with Gasteiger partial charge in [-0.2, -0.15) is 0 Å². The van der Waals surface area contributed by atoms with Crippen LogP contribution in [0, 0.1) is 5.92 Å². The number of methoxy groups -OCH3 is 1. The number of likely N-dealkylation sites (tertiary alicyclic amines) is 2. The van der Waals surface area contributed by atoms with Gasteiger partial charge in [0.25, 0.3) is 0 Å². The molecule has 0 radical (unpaired) electrons. The first-order chi connectivity index (χ1) is 28.1. The first kappa shape index (κ1) is 40.4. The predicted octanol–water partition coefficient (Wildman–Crippen LogP) is 8.31. The minimum Gasteiger partial charge on any atom is -0.453 e. The third kappa shape index (κ3) is 8.02. The molecule has 4 atom stereocenters. The van der Waals surface area contributed by atoms with Crippen molar-refractivity contribution in [1.82, 2.24) is 40.0 Å². The molecular weight excluding hydrogens is 729 g/mol. The van der Waals surface area contributed by atoms with E-state index in [9.17, 15) is 14.4 Å². The van der Waals surface area contributed by atoms with Gasteiger partial charge >= 0.3 is 6.09 Å². The van der Waals surface area contributed by atoms with Crippen LogP contribution >= 0.6 is 0 Å². The first-order valence-corrected chi connectivity index (χ1v) is 20.6. The molecule has 2 unspecified atom stereocenters. The summed E-state index contributed by atoms with van der Waals surface area (Å²) in [5.74, 6) is 1.39. The summed E-state index contributed by atoms with van der Waals surface area (Å²) in [6.07, 6.45) is 6.51. The minimum absolute atomic E-state index is 0.0950. The van der Waals surface area contributed by atoms with Crippen molar-refractivity contribution < 1.29 is 19.1 Å². The van der Waals surface area contributed by atoms with Crippen molar-refractivity contribution in [3.05, 3.63) is 108 Å². The van der Waals surface area contributed by atoms with Crippen molar-refractivity contribution in [3.8, 4) is 33.6 Å². The van der Waals surface area contributed by atoms with Crippen molar-refractivity contribution in [1.29, 1.82) is 0 Å². The van der Waals surface area contributed by atoms with Gasteiger partial charge in [-0.25, -0.2) is 14.8 Å². The molecule has 0 aliphatic carbocycles. The Labute approximate surface area is 341 Å². The van der Waals surface area contributed by atoms with E-state index in [1.54, 1.807) is 6.92 Å². The Bertz CT molecular complexity index is 2180. The number of nitrogens with zero attached hydrogens (tertiary/aromatic N) is 5. The van der Waals surface area contributed by atoms with Gasteiger partial charge in [0.15, 0.2) is 0 Å². The maximum atomic E-state index is 14.2. The van der Waals surface area contributed by atoms with Gasteiger partial charge in [-0.15, -0.1) is 0 Å². The topological polar surface area (TPSA) is 140 Å². The molecule has 5 aromatic rings. The molecule has 12 heteroatoms. The first-order valence-electron chi connectivity index (χ1n) is 20.6. The number of rotatable bonds is 13. The average molecular weight is 785 g/mol. The van der Waals surface area contributed by atoms with Crippen molar-refractivity contribution in [3.63, 3.8) is 0 Å². The highest BCUT2D eigenvalue weighted by Gasteiger charge is 2.45. The second-order valence-electron chi connectivity index (χ2n) is 15.9. The number of alkyl carbamates (subject to hydrolysis) is 1. The average Bonchev–Trinajstić information content (AvgIpc) is 4.10. The Morgan fingerprint density at radius 3 is 1.74 bits per heavy atom. The Morgan fingerprint density at radius 1 is 0.776 bits per heavy atom. The van der Waals surface area contributed by atoms with Crippen LogP contribution in [0.3, 0.4) is 0 Å². The number of amides is 3. The number of imidazole rings is 2. The molecule has 0 bridgehead atoms. The van der Waals surface area contributed by atoms with Crippen molar-refractivity contribution in [2.45, 2.75) is 84.0 Å². The van der Waals surface area contributed by atoms with Crippen molar-refractivity contribution in [2.75, 3.05) is 33.3 Å². The van der Waals surface area contributed by atoms with Crippen LogP contribution in [0.5, 0.6) is 0 Å².